The van der Waals surface area contributed by atoms with Crippen LogP contribution in [0.5, 0.6) is 0 Å². The molecular formula is C27H41NO3. The third-order valence-electron chi connectivity index (χ3n) is 10.9. The van der Waals surface area contributed by atoms with Crippen LogP contribution in [0.25, 0.3) is 0 Å². The molecule has 5 aliphatic rings. The molecule has 4 saturated carbocycles. The highest BCUT2D eigenvalue weighted by atomic mass is 16.3. The van der Waals surface area contributed by atoms with Crippen LogP contribution in [0.4, 0.5) is 0 Å². The zero-order chi connectivity index (χ0) is 22.1. The van der Waals surface area contributed by atoms with Gasteiger partial charge in [-0.2, -0.15) is 0 Å². The number of ketones is 2. The first-order valence-corrected chi connectivity index (χ1v) is 12.9. The highest BCUT2D eigenvalue weighted by molar-refractivity contribution is 6.41. The molecule has 0 aromatic carbocycles. The summed E-state index contributed by atoms with van der Waals surface area (Å²) in [4.78, 5) is 30.8. The van der Waals surface area contributed by atoms with E-state index in [4.69, 9.17) is 4.99 Å². The molecule has 0 aromatic heterocycles. The molecular weight excluding hydrogens is 386 g/mol. The van der Waals surface area contributed by atoms with Gasteiger partial charge in [-0.3, -0.25) is 14.6 Å². The second-order valence-corrected chi connectivity index (χ2v) is 12.5. The molecule has 0 spiro atoms. The summed E-state index contributed by atoms with van der Waals surface area (Å²) in [5.74, 6) is 3.57. The van der Waals surface area contributed by atoms with Gasteiger partial charge in [-0.25, -0.2) is 0 Å². The van der Waals surface area contributed by atoms with E-state index in [1.807, 2.05) is 0 Å². The number of carbonyl (C=O) groups is 2. The van der Waals surface area contributed by atoms with E-state index in [0.717, 1.165) is 31.5 Å². The molecule has 1 heterocycles. The molecule has 0 radical (unpaired) electrons. The summed E-state index contributed by atoms with van der Waals surface area (Å²) in [5, 5.41) is 10.2. The van der Waals surface area contributed by atoms with Crippen LogP contribution in [0.3, 0.4) is 0 Å². The highest BCUT2D eigenvalue weighted by Gasteiger charge is 2.62. The Labute approximate surface area is 187 Å². The van der Waals surface area contributed by atoms with Gasteiger partial charge in [-0.05, 0) is 85.4 Å². The first kappa shape index (κ1) is 21.8. The fourth-order valence-corrected chi connectivity index (χ4v) is 9.30. The molecule has 1 aliphatic heterocycles. The topological polar surface area (TPSA) is 66.7 Å². The summed E-state index contributed by atoms with van der Waals surface area (Å²) in [7, 11) is 0. The second-order valence-electron chi connectivity index (χ2n) is 12.5. The molecule has 0 aromatic rings. The third kappa shape index (κ3) is 3.21. The number of aliphatic hydroxyl groups is 1. The van der Waals surface area contributed by atoms with Crippen molar-refractivity contribution in [3.8, 4) is 0 Å². The Balaban J connectivity index is 1.40. The molecule has 4 heteroatoms. The lowest BCUT2D eigenvalue weighted by atomic mass is 9.44. The summed E-state index contributed by atoms with van der Waals surface area (Å²) >= 11 is 0. The van der Waals surface area contributed by atoms with Crippen molar-refractivity contribution < 1.29 is 14.7 Å². The molecule has 10 unspecified atom stereocenters. The number of aliphatic hydroxyl groups excluding tert-OH is 1. The van der Waals surface area contributed by atoms with Crippen molar-refractivity contribution in [3.63, 3.8) is 0 Å². The largest absolute Gasteiger partial charge is 0.393 e. The van der Waals surface area contributed by atoms with E-state index in [1.54, 1.807) is 0 Å². The van der Waals surface area contributed by atoms with Crippen molar-refractivity contribution in [2.24, 2.45) is 57.2 Å². The predicted octanol–water partition coefficient (Wildman–Crippen LogP) is 4.87. The van der Waals surface area contributed by atoms with E-state index in [-0.39, 0.29) is 34.6 Å². The van der Waals surface area contributed by atoms with Crippen LogP contribution in [0.1, 0.15) is 85.5 Å². The van der Waals surface area contributed by atoms with Crippen molar-refractivity contribution >= 4 is 17.3 Å². The minimum Gasteiger partial charge on any atom is -0.393 e. The molecule has 0 saturated heterocycles. The van der Waals surface area contributed by atoms with Crippen molar-refractivity contribution in [2.45, 2.75) is 91.6 Å². The molecule has 4 nitrogen and oxygen atoms in total. The maximum Gasteiger partial charge on any atom is 0.177 e. The maximum absolute atomic E-state index is 13.3. The van der Waals surface area contributed by atoms with Gasteiger partial charge < -0.3 is 5.11 Å². The minimum atomic E-state index is -0.291. The predicted molar refractivity (Wildman–Crippen MR) is 122 cm³/mol. The van der Waals surface area contributed by atoms with E-state index in [0.29, 0.717) is 48.2 Å². The van der Waals surface area contributed by atoms with Crippen LogP contribution in [0.15, 0.2) is 4.99 Å². The smallest absolute Gasteiger partial charge is 0.177 e. The van der Waals surface area contributed by atoms with E-state index in [9.17, 15) is 14.7 Å². The Hall–Kier alpha value is -1.03. The van der Waals surface area contributed by atoms with Crippen LogP contribution in [-0.4, -0.2) is 35.0 Å². The van der Waals surface area contributed by atoms with Crippen molar-refractivity contribution in [2.75, 3.05) is 6.54 Å². The minimum absolute atomic E-state index is 0.0641. The van der Waals surface area contributed by atoms with E-state index >= 15 is 0 Å². The van der Waals surface area contributed by atoms with Gasteiger partial charge >= 0.3 is 0 Å². The van der Waals surface area contributed by atoms with E-state index < -0.39 is 0 Å². The normalized spacial score (nSPS) is 50.9. The van der Waals surface area contributed by atoms with Gasteiger partial charge in [-0.15, -0.1) is 0 Å². The first-order chi connectivity index (χ1) is 14.6. The van der Waals surface area contributed by atoms with Gasteiger partial charge in [0.05, 0.1) is 11.8 Å². The van der Waals surface area contributed by atoms with Crippen LogP contribution in [0.2, 0.25) is 0 Å². The van der Waals surface area contributed by atoms with Crippen LogP contribution >= 0.6 is 0 Å². The third-order valence-corrected chi connectivity index (χ3v) is 10.9. The average molecular weight is 428 g/mol. The van der Waals surface area contributed by atoms with Crippen LogP contribution < -0.4 is 0 Å². The van der Waals surface area contributed by atoms with Gasteiger partial charge in [-0.1, -0.05) is 27.7 Å². The summed E-state index contributed by atoms with van der Waals surface area (Å²) in [5.41, 5.74) is 1.15. The van der Waals surface area contributed by atoms with Gasteiger partial charge in [0, 0.05) is 31.2 Å². The van der Waals surface area contributed by atoms with Crippen LogP contribution in [-0.2, 0) is 9.59 Å². The second kappa shape index (κ2) is 7.50. The Kier molecular flexibility index (Phi) is 5.27. The maximum atomic E-state index is 13.3. The van der Waals surface area contributed by atoms with Gasteiger partial charge in [0.1, 0.15) is 5.78 Å². The molecule has 5 rings (SSSR count). The van der Waals surface area contributed by atoms with Crippen molar-refractivity contribution in [1.82, 2.24) is 0 Å². The monoisotopic (exact) mass is 427 g/mol. The number of carbonyl (C=O) groups excluding carboxylic acids is 2. The zero-order valence-electron chi connectivity index (χ0n) is 19.9. The first-order valence-electron chi connectivity index (χ1n) is 12.9. The van der Waals surface area contributed by atoms with E-state index in [2.05, 4.69) is 27.7 Å². The Bertz CT molecular complexity index is 804. The Morgan fingerprint density at radius 1 is 1.00 bits per heavy atom. The fraction of sp³-hybridized carbons (Fsp3) is 0.889. The average Bonchev–Trinajstić information content (AvgIpc) is 3.06. The molecule has 4 fully saturated rings. The molecule has 31 heavy (non-hydrogen) atoms. The number of aliphatic imine (C=N–C) groups is 1. The SMILES string of the molecule is CC1CN=C(C(C)C2CCC3C4CC(=O)C5CC(O)CCC5(C)C4CCC23C)C(=O)C1. The lowest BCUT2D eigenvalue weighted by molar-refractivity contribution is -0.159. The number of Topliss-reactive ketones (excluding diaryl/α,β-unsaturated/α-hetero) is 2. The van der Waals surface area contributed by atoms with Gasteiger partial charge in [0.15, 0.2) is 5.78 Å². The summed E-state index contributed by atoms with van der Waals surface area (Å²) in [6.07, 6.45) is 8.39. The standard InChI is InChI=1S/C27H41NO3/c1-15-11-24(31)25(28-14-15)16(2)19-5-6-20-18-13-23(30)22-12-17(29)7-9-27(22,4)21(18)8-10-26(19,20)3/h15-22,29H,5-14H2,1-4H3. The van der Waals surface area contributed by atoms with Crippen molar-refractivity contribution in [3.05, 3.63) is 0 Å². The molecule has 4 aliphatic carbocycles. The number of nitrogens with zero attached hydrogens (tertiary/aromatic N) is 1. The highest BCUT2D eigenvalue weighted by Crippen LogP contribution is 2.67. The number of rotatable bonds is 2. The van der Waals surface area contributed by atoms with Gasteiger partial charge in [0.25, 0.3) is 0 Å². The summed E-state index contributed by atoms with van der Waals surface area (Å²) in [6.45, 7) is 10.0. The quantitative estimate of drug-likeness (QED) is 0.683. The summed E-state index contributed by atoms with van der Waals surface area (Å²) < 4.78 is 0. The molecule has 0 bridgehead atoms. The van der Waals surface area contributed by atoms with E-state index in [1.165, 1.54) is 25.7 Å². The molecule has 0 amide bonds. The Morgan fingerprint density at radius 3 is 2.45 bits per heavy atom. The molecule has 10 atom stereocenters. The molecule has 1 N–H and O–H groups in total. The number of fused-ring (bicyclic) bond motifs is 5. The fourth-order valence-electron chi connectivity index (χ4n) is 9.30. The zero-order valence-corrected chi connectivity index (χ0v) is 19.9. The van der Waals surface area contributed by atoms with Crippen LogP contribution in [0, 0.1) is 52.3 Å². The van der Waals surface area contributed by atoms with Crippen molar-refractivity contribution in [1.29, 1.82) is 0 Å². The molecule has 172 valence electrons. The van der Waals surface area contributed by atoms with Gasteiger partial charge in [0.2, 0.25) is 0 Å². The lowest BCUT2D eigenvalue weighted by Crippen LogP contribution is -2.57. The Morgan fingerprint density at radius 2 is 1.71 bits per heavy atom. The lowest BCUT2D eigenvalue weighted by Gasteiger charge is -2.60. The summed E-state index contributed by atoms with van der Waals surface area (Å²) in [6, 6.07) is 0. The number of hydrogen-bond donors (Lipinski definition) is 1. The number of hydrogen-bond acceptors (Lipinski definition) is 4.